The zero-order valence-electron chi connectivity index (χ0n) is 8.41. The van der Waals surface area contributed by atoms with E-state index in [1.54, 1.807) is 0 Å². The molecule has 78 valence electrons. The lowest BCUT2D eigenvalue weighted by Crippen LogP contribution is -2.30. The predicted octanol–water partition coefficient (Wildman–Crippen LogP) is 1.37. The van der Waals surface area contributed by atoms with E-state index < -0.39 is 5.41 Å². The predicted molar refractivity (Wildman–Crippen MR) is 56.0 cm³/mol. The van der Waals surface area contributed by atoms with Crippen molar-refractivity contribution >= 4 is 17.2 Å². The molecule has 1 aliphatic rings. The normalized spacial score (nSPS) is 16.8. The van der Waals surface area contributed by atoms with Gasteiger partial charge in [-0.1, -0.05) is 0 Å². The first-order chi connectivity index (χ1) is 7.16. The SMILES string of the molecule is Cc1csc(CNC(=O)C2(C#N)CC2)n1. The second kappa shape index (κ2) is 3.63. The van der Waals surface area contributed by atoms with Crippen molar-refractivity contribution in [1.82, 2.24) is 10.3 Å². The van der Waals surface area contributed by atoms with Crippen LogP contribution in [0.2, 0.25) is 0 Å². The fourth-order valence-electron chi connectivity index (χ4n) is 1.32. The molecule has 0 radical (unpaired) electrons. The van der Waals surface area contributed by atoms with Crippen LogP contribution in [0, 0.1) is 23.7 Å². The fraction of sp³-hybridized carbons (Fsp3) is 0.500. The Morgan fingerprint density at radius 1 is 1.80 bits per heavy atom. The topological polar surface area (TPSA) is 65.8 Å². The molecular weight excluding hydrogens is 210 g/mol. The number of amides is 1. The third-order valence-corrected chi connectivity index (χ3v) is 3.43. The van der Waals surface area contributed by atoms with Crippen LogP contribution in [0.25, 0.3) is 0 Å². The molecule has 1 N–H and O–H groups in total. The maximum absolute atomic E-state index is 11.6. The monoisotopic (exact) mass is 221 g/mol. The number of thiazole rings is 1. The van der Waals surface area contributed by atoms with Crippen LogP contribution in [0.15, 0.2) is 5.38 Å². The molecule has 1 heterocycles. The average molecular weight is 221 g/mol. The molecule has 1 aromatic rings. The summed E-state index contributed by atoms with van der Waals surface area (Å²) < 4.78 is 0. The van der Waals surface area contributed by atoms with E-state index in [2.05, 4.69) is 16.4 Å². The van der Waals surface area contributed by atoms with Crippen molar-refractivity contribution in [3.05, 3.63) is 16.1 Å². The van der Waals surface area contributed by atoms with Gasteiger partial charge >= 0.3 is 0 Å². The molecule has 1 saturated carbocycles. The maximum Gasteiger partial charge on any atom is 0.240 e. The third-order valence-electron chi connectivity index (χ3n) is 2.47. The van der Waals surface area contributed by atoms with E-state index in [4.69, 9.17) is 5.26 Å². The molecular formula is C10H11N3OS. The molecule has 0 aromatic carbocycles. The first kappa shape index (κ1) is 10.1. The summed E-state index contributed by atoms with van der Waals surface area (Å²) in [5, 5.41) is 14.4. The van der Waals surface area contributed by atoms with E-state index in [0.29, 0.717) is 19.4 Å². The number of hydrogen-bond acceptors (Lipinski definition) is 4. The minimum atomic E-state index is -0.730. The van der Waals surface area contributed by atoms with Gasteiger partial charge in [0.05, 0.1) is 12.6 Å². The highest BCUT2D eigenvalue weighted by molar-refractivity contribution is 7.09. The second-order valence-electron chi connectivity index (χ2n) is 3.76. The highest BCUT2D eigenvalue weighted by atomic mass is 32.1. The lowest BCUT2D eigenvalue weighted by molar-refractivity contribution is -0.124. The molecule has 1 amide bonds. The number of aromatic nitrogens is 1. The minimum Gasteiger partial charge on any atom is -0.348 e. The number of nitriles is 1. The van der Waals surface area contributed by atoms with E-state index in [1.807, 2.05) is 12.3 Å². The van der Waals surface area contributed by atoms with Crippen molar-refractivity contribution in [2.45, 2.75) is 26.3 Å². The van der Waals surface area contributed by atoms with Crippen molar-refractivity contribution < 1.29 is 4.79 Å². The van der Waals surface area contributed by atoms with Crippen molar-refractivity contribution in [3.63, 3.8) is 0 Å². The van der Waals surface area contributed by atoms with Crippen LogP contribution in [-0.2, 0) is 11.3 Å². The van der Waals surface area contributed by atoms with Gasteiger partial charge < -0.3 is 5.32 Å². The van der Waals surface area contributed by atoms with Crippen LogP contribution >= 0.6 is 11.3 Å². The minimum absolute atomic E-state index is 0.155. The van der Waals surface area contributed by atoms with E-state index in [0.717, 1.165) is 10.7 Å². The van der Waals surface area contributed by atoms with Gasteiger partial charge in [0.2, 0.25) is 5.91 Å². The molecule has 0 bridgehead atoms. The van der Waals surface area contributed by atoms with Gasteiger partial charge in [0.1, 0.15) is 10.4 Å². The standard InChI is InChI=1S/C10H11N3OS/c1-7-5-15-8(13-7)4-12-9(14)10(6-11)2-3-10/h5H,2-4H2,1H3,(H,12,14). The van der Waals surface area contributed by atoms with Gasteiger partial charge in [-0.15, -0.1) is 11.3 Å². The molecule has 5 heteroatoms. The Labute approximate surface area is 91.9 Å². The zero-order valence-corrected chi connectivity index (χ0v) is 9.23. The largest absolute Gasteiger partial charge is 0.348 e. The van der Waals surface area contributed by atoms with Crippen molar-refractivity contribution in [2.75, 3.05) is 0 Å². The molecule has 1 aliphatic carbocycles. The van der Waals surface area contributed by atoms with Gasteiger partial charge in [0.15, 0.2) is 0 Å². The quantitative estimate of drug-likeness (QED) is 0.838. The summed E-state index contributed by atoms with van der Waals surface area (Å²) in [5.41, 5.74) is 0.234. The van der Waals surface area contributed by atoms with E-state index >= 15 is 0 Å². The average Bonchev–Trinajstić information content (AvgIpc) is 2.93. The molecule has 4 nitrogen and oxygen atoms in total. The Hall–Kier alpha value is -1.41. The first-order valence-corrected chi connectivity index (χ1v) is 5.65. The van der Waals surface area contributed by atoms with Crippen molar-refractivity contribution in [1.29, 1.82) is 5.26 Å². The van der Waals surface area contributed by atoms with Crippen LogP contribution in [0.5, 0.6) is 0 Å². The molecule has 1 fully saturated rings. The van der Waals surface area contributed by atoms with Gasteiger partial charge in [-0.25, -0.2) is 4.98 Å². The van der Waals surface area contributed by atoms with Gasteiger partial charge in [0.25, 0.3) is 0 Å². The van der Waals surface area contributed by atoms with Crippen LogP contribution in [0.3, 0.4) is 0 Å². The molecule has 1 aromatic heterocycles. The Kier molecular flexibility index (Phi) is 2.45. The highest BCUT2D eigenvalue weighted by Crippen LogP contribution is 2.44. The van der Waals surface area contributed by atoms with E-state index in [1.165, 1.54) is 11.3 Å². The molecule has 0 saturated heterocycles. The van der Waals surface area contributed by atoms with Crippen molar-refractivity contribution in [3.8, 4) is 6.07 Å². The number of nitrogens with zero attached hydrogens (tertiary/aromatic N) is 2. The molecule has 0 spiro atoms. The summed E-state index contributed by atoms with van der Waals surface area (Å²) in [6.45, 7) is 2.35. The summed E-state index contributed by atoms with van der Waals surface area (Å²) in [4.78, 5) is 15.8. The summed E-state index contributed by atoms with van der Waals surface area (Å²) in [7, 11) is 0. The van der Waals surface area contributed by atoms with Crippen LogP contribution < -0.4 is 5.32 Å². The maximum atomic E-state index is 11.6. The summed E-state index contributed by atoms with van der Waals surface area (Å²) >= 11 is 1.52. The zero-order chi connectivity index (χ0) is 10.9. The summed E-state index contributed by atoms with van der Waals surface area (Å²) in [6.07, 6.45) is 1.37. The lowest BCUT2D eigenvalue weighted by Gasteiger charge is -2.05. The summed E-state index contributed by atoms with van der Waals surface area (Å²) in [5.74, 6) is -0.155. The van der Waals surface area contributed by atoms with Crippen molar-refractivity contribution in [2.24, 2.45) is 5.41 Å². The van der Waals surface area contributed by atoms with E-state index in [9.17, 15) is 4.79 Å². The summed E-state index contributed by atoms with van der Waals surface area (Å²) in [6, 6.07) is 2.06. The van der Waals surface area contributed by atoms with Gasteiger partial charge in [-0.05, 0) is 19.8 Å². The van der Waals surface area contributed by atoms with E-state index in [-0.39, 0.29) is 5.91 Å². The molecule has 15 heavy (non-hydrogen) atoms. The lowest BCUT2D eigenvalue weighted by atomic mass is 10.1. The van der Waals surface area contributed by atoms with Crippen LogP contribution in [0.4, 0.5) is 0 Å². The molecule has 0 unspecified atom stereocenters. The van der Waals surface area contributed by atoms with Gasteiger partial charge in [-0.2, -0.15) is 5.26 Å². The van der Waals surface area contributed by atoms with Crippen LogP contribution in [-0.4, -0.2) is 10.9 Å². The smallest absolute Gasteiger partial charge is 0.240 e. The van der Waals surface area contributed by atoms with Gasteiger partial charge in [0, 0.05) is 11.1 Å². The highest BCUT2D eigenvalue weighted by Gasteiger charge is 2.50. The Bertz CT molecular complexity index is 428. The third kappa shape index (κ3) is 2.00. The number of rotatable bonds is 3. The fourth-order valence-corrected chi connectivity index (χ4v) is 2.04. The number of aryl methyl sites for hydroxylation is 1. The second-order valence-corrected chi connectivity index (χ2v) is 4.70. The number of nitrogens with one attached hydrogen (secondary N) is 1. The first-order valence-electron chi connectivity index (χ1n) is 4.77. The van der Waals surface area contributed by atoms with Crippen LogP contribution in [0.1, 0.15) is 23.5 Å². The van der Waals surface area contributed by atoms with Gasteiger partial charge in [-0.3, -0.25) is 4.79 Å². The molecule has 0 aliphatic heterocycles. The number of carbonyl (C=O) groups excluding carboxylic acids is 1. The number of hydrogen-bond donors (Lipinski definition) is 1. The Morgan fingerprint density at radius 3 is 3.00 bits per heavy atom. The number of carbonyl (C=O) groups is 1. The molecule has 0 atom stereocenters. The Balaban J connectivity index is 1.89. The molecule has 2 rings (SSSR count). The Morgan fingerprint density at radius 2 is 2.53 bits per heavy atom.